The van der Waals surface area contributed by atoms with Crippen molar-refractivity contribution in [3.05, 3.63) is 12.3 Å². The van der Waals surface area contributed by atoms with Crippen molar-refractivity contribution in [1.82, 2.24) is 19.2 Å². The van der Waals surface area contributed by atoms with Crippen molar-refractivity contribution < 1.29 is 16.8 Å². The summed E-state index contributed by atoms with van der Waals surface area (Å²) in [5, 5.41) is 6.24. The van der Waals surface area contributed by atoms with Crippen LogP contribution in [0.2, 0.25) is 0 Å². The van der Waals surface area contributed by atoms with Gasteiger partial charge in [0.15, 0.2) is 5.03 Å². The van der Waals surface area contributed by atoms with E-state index in [-0.39, 0.29) is 17.6 Å². The van der Waals surface area contributed by atoms with Crippen molar-refractivity contribution in [3.63, 3.8) is 0 Å². The van der Waals surface area contributed by atoms with Crippen LogP contribution in [0.5, 0.6) is 0 Å². The molecule has 1 unspecified atom stereocenters. The molecule has 1 saturated heterocycles. The molecular formula is C11H20N4O4S2. The van der Waals surface area contributed by atoms with Crippen LogP contribution in [0.15, 0.2) is 17.3 Å². The molecule has 1 aliphatic heterocycles. The third kappa shape index (κ3) is 4.25. The highest BCUT2D eigenvalue weighted by atomic mass is 32.2. The van der Waals surface area contributed by atoms with Gasteiger partial charge in [0.05, 0.1) is 12.5 Å². The van der Waals surface area contributed by atoms with Crippen molar-refractivity contribution >= 4 is 20.0 Å². The van der Waals surface area contributed by atoms with E-state index in [9.17, 15) is 16.8 Å². The maximum atomic E-state index is 12.5. The summed E-state index contributed by atoms with van der Waals surface area (Å²) in [5.74, 6) is 0. The summed E-state index contributed by atoms with van der Waals surface area (Å²) < 4.78 is 51.1. The van der Waals surface area contributed by atoms with Gasteiger partial charge < -0.3 is 0 Å². The summed E-state index contributed by atoms with van der Waals surface area (Å²) in [6.07, 6.45) is 5.44. The van der Waals surface area contributed by atoms with Gasteiger partial charge in [0, 0.05) is 19.1 Å². The lowest BCUT2D eigenvalue weighted by molar-refractivity contribution is 0.241. The molecule has 0 aromatic carbocycles. The van der Waals surface area contributed by atoms with Crippen LogP contribution in [-0.2, 0) is 20.0 Å². The summed E-state index contributed by atoms with van der Waals surface area (Å²) in [4.78, 5) is 0. The van der Waals surface area contributed by atoms with Gasteiger partial charge in [0.25, 0.3) is 10.0 Å². The number of sulfonamides is 2. The molecule has 0 amide bonds. The monoisotopic (exact) mass is 336 g/mol. The van der Waals surface area contributed by atoms with E-state index in [0.29, 0.717) is 13.0 Å². The Morgan fingerprint density at radius 1 is 1.38 bits per heavy atom. The number of rotatable bonds is 6. The Kier molecular flexibility index (Phi) is 5.02. The number of hydrogen-bond acceptors (Lipinski definition) is 5. The molecule has 21 heavy (non-hydrogen) atoms. The molecule has 10 heteroatoms. The Labute approximate surface area is 125 Å². The molecule has 0 bridgehead atoms. The molecular weight excluding hydrogens is 316 g/mol. The van der Waals surface area contributed by atoms with Gasteiger partial charge in [-0.05, 0) is 25.3 Å². The predicted molar refractivity (Wildman–Crippen MR) is 77.6 cm³/mol. The zero-order chi connectivity index (χ0) is 15.5. The molecule has 2 heterocycles. The summed E-state index contributed by atoms with van der Waals surface area (Å²) in [5.41, 5.74) is 0. The normalized spacial score (nSPS) is 21.5. The van der Waals surface area contributed by atoms with E-state index in [1.165, 1.54) is 16.6 Å². The second kappa shape index (κ2) is 6.42. The van der Waals surface area contributed by atoms with Crippen molar-refractivity contribution in [2.24, 2.45) is 0 Å². The van der Waals surface area contributed by atoms with Crippen LogP contribution in [0.4, 0.5) is 0 Å². The van der Waals surface area contributed by atoms with Gasteiger partial charge >= 0.3 is 0 Å². The Bertz CT molecular complexity index is 654. The molecule has 0 saturated carbocycles. The largest absolute Gasteiger partial charge is 0.266 e. The first-order chi connectivity index (χ1) is 9.81. The molecule has 120 valence electrons. The van der Waals surface area contributed by atoms with Crippen LogP contribution in [0.3, 0.4) is 0 Å². The smallest absolute Gasteiger partial charge is 0.260 e. The Morgan fingerprint density at radius 2 is 2.14 bits per heavy atom. The quantitative estimate of drug-likeness (QED) is 0.753. The molecule has 1 aromatic heterocycles. The molecule has 1 aliphatic rings. The number of aromatic nitrogens is 2. The van der Waals surface area contributed by atoms with E-state index in [1.54, 1.807) is 0 Å². The van der Waals surface area contributed by atoms with Crippen molar-refractivity contribution in [3.8, 4) is 0 Å². The van der Waals surface area contributed by atoms with Crippen molar-refractivity contribution in [2.75, 3.05) is 19.3 Å². The molecule has 8 nitrogen and oxygen atoms in total. The van der Waals surface area contributed by atoms with Crippen molar-refractivity contribution in [2.45, 2.75) is 36.8 Å². The SMILES string of the molecule is CS(=O)(=O)NCCC1CCCCN1S(=O)(=O)c1ccn[nH]1. The zero-order valence-corrected chi connectivity index (χ0v) is 13.5. The number of hydrogen-bond donors (Lipinski definition) is 2. The molecule has 0 aliphatic carbocycles. The lowest BCUT2D eigenvalue weighted by Gasteiger charge is -2.34. The van der Waals surface area contributed by atoms with E-state index in [2.05, 4.69) is 14.9 Å². The number of piperidine rings is 1. The standard InChI is InChI=1S/C11H20N4O4S2/c1-20(16,17)13-8-5-10-4-2-3-9-15(10)21(18,19)11-6-7-12-14-11/h6-7,10,13H,2-5,8-9H2,1H3,(H,12,14). The second-order valence-corrected chi connectivity index (χ2v) is 8.83. The van der Waals surface area contributed by atoms with Crippen LogP contribution >= 0.6 is 0 Å². The van der Waals surface area contributed by atoms with Gasteiger partial charge in [-0.2, -0.15) is 9.40 Å². The number of nitrogens with one attached hydrogen (secondary N) is 2. The average Bonchev–Trinajstić information content (AvgIpc) is 2.92. The molecule has 2 N–H and O–H groups in total. The third-order valence-corrected chi connectivity index (χ3v) is 6.09. The zero-order valence-electron chi connectivity index (χ0n) is 11.8. The van der Waals surface area contributed by atoms with E-state index in [1.807, 2.05) is 0 Å². The first-order valence-corrected chi connectivity index (χ1v) is 10.1. The Balaban J connectivity index is 2.09. The van der Waals surface area contributed by atoms with Gasteiger partial charge in [0.2, 0.25) is 10.0 Å². The van der Waals surface area contributed by atoms with Crippen LogP contribution in [-0.4, -0.2) is 56.7 Å². The first-order valence-electron chi connectivity index (χ1n) is 6.76. The highest BCUT2D eigenvalue weighted by Crippen LogP contribution is 2.25. The number of nitrogens with zero attached hydrogens (tertiary/aromatic N) is 2. The van der Waals surface area contributed by atoms with Crippen LogP contribution in [0.1, 0.15) is 25.7 Å². The summed E-state index contributed by atoms with van der Waals surface area (Å²) >= 11 is 0. The molecule has 1 atom stereocenters. The fourth-order valence-corrected chi connectivity index (χ4v) is 4.62. The van der Waals surface area contributed by atoms with E-state index in [0.717, 1.165) is 25.5 Å². The van der Waals surface area contributed by atoms with Gasteiger partial charge in [-0.3, -0.25) is 5.10 Å². The van der Waals surface area contributed by atoms with Gasteiger partial charge in [-0.1, -0.05) is 6.42 Å². The van der Waals surface area contributed by atoms with E-state index in [4.69, 9.17) is 0 Å². The highest BCUT2D eigenvalue weighted by molar-refractivity contribution is 7.89. The maximum absolute atomic E-state index is 12.5. The third-order valence-electron chi connectivity index (χ3n) is 3.48. The van der Waals surface area contributed by atoms with Gasteiger partial charge in [-0.25, -0.2) is 21.6 Å². The fraction of sp³-hybridized carbons (Fsp3) is 0.727. The van der Waals surface area contributed by atoms with Gasteiger partial charge in [0.1, 0.15) is 0 Å². The highest BCUT2D eigenvalue weighted by Gasteiger charge is 2.34. The van der Waals surface area contributed by atoms with Crippen molar-refractivity contribution in [1.29, 1.82) is 0 Å². The molecule has 1 fully saturated rings. The Hall–Kier alpha value is -0.970. The van der Waals surface area contributed by atoms with Crippen LogP contribution < -0.4 is 4.72 Å². The minimum absolute atomic E-state index is 0.0745. The molecule has 1 aromatic rings. The van der Waals surface area contributed by atoms with Crippen LogP contribution in [0, 0.1) is 0 Å². The molecule has 2 rings (SSSR count). The second-order valence-electron chi connectivity index (χ2n) is 5.14. The molecule has 0 radical (unpaired) electrons. The maximum Gasteiger partial charge on any atom is 0.260 e. The van der Waals surface area contributed by atoms with Crippen LogP contribution in [0.25, 0.3) is 0 Å². The average molecular weight is 336 g/mol. The minimum Gasteiger partial charge on any atom is -0.266 e. The summed E-state index contributed by atoms with van der Waals surface area (Å²) in [6, 6.07) is 1.23. The topological polar surface area (TPSA) is 112 Å². The molecule has 0 spiro atoms. The minimum atomic E-state index is -3.60. The number of aromatic amines is 1. The lowest BCUT2D eigenvalue weighted by Crippen LogP contribution is -2.45. The summed E-state index contributed by atoms with van der Waals surface area (Å²) in [7, 11) is -6.85. The summed E-state index contributed by atoms with van der Waals surface area (Å²) in [6.45, 7) is 0.684. The fourth-order valence-electron chi connectivity index (χ4n) is 2.50. The number of H-pyrrole nitrogens is 1. The van der Waals surface area contributed by atoms with Gasteiger partial charge in [-0.15, -0.1) is 0 Å². The predicted octanol–water partition coefficient (Wildman–Crippen LogP) is -0.108. The Morgan fingerprint density at radius 3 is 2.76 bits per heavy atom. The first kappa shape index (κ1) is 16.4. The van der Waals surface area contributed by atoms with E-state index >= 15 is 0 Å². The lowest BCUT2D eigenvalue weighted by atomic mass is 10.0. The van der Waals surface area contributed by atoms with E-state index < -0.39 is 20.0 Å².